The highest BCUT2D eigenvalue weighted by Gasteiger charge is 2.32. The van der Waals surface area contributed by atoms with E-state index in [1.165, 1.54) is 0 Å². The van der Waals surface area contributed by atoms with Crippen LogP contribution in [0, 0.1) is 0 Å². The summed E-state index contributed by atoms with van der Waals surface area (Å²) in [5.74, 6) is 0. The summed E-state index contributed by atoms with van der Waals surface area (Å²) >= 11 is 0. The highest BCUT2D eigenvalue weighted by atomic mass is 32.2. The summed E-state index contributed by atoms with van der Waals surface area (Å²) in [6.45, 7) is 3.76. The normalized spacial score (nSPS) is 18.6. The molecule has 6 heteroatoms. The number of aryl methyl sites for hydroxylation is 1. The van der Waals surface area contributed by atoms with Crippen LogP contribution in [0.4, 0.5) is 0 Å². The Bertz CT molecular complexity index is 549. The number of ether oxygens (including phenoxy) is 1. The minimum atomic E-state index is -3.49. The van der Waals surface area contributed by atoms with Gasteiger partial charge >= 0.3 is 0 Å². The molecular formula is C15H24N2O3S. The van der Waals surface area contributed by atoms with Gasteiger partial charge in [0.2, 0.25) is 10.0 Å². The molecule has 118 valence electrons. The average Bonchev–Trinajstić information content (AvgIpc) is 2.45. The van der Waals surface area contributed by atoms with Gasteiger partial charge in [-0.3, -0.25) is 0 Å². The smallest absolute Gasteiger partial charge is 0.241 e. The van der Waals surface area contributed by atoms with E-state index in [0.29, 0.717) is 37.5 Å². The second kappa shape index (κ2) is 6.87. The fourth-order valence-corrected chi connectivity index (χ4v) is 3.91. The monoisotopic (exact) mass is 312 g/mol. The van der Waals surface area contributed by atoms with E-state index in [1.54, 1.807) is 12.1 Å². The molecule has 1 heterocycles. The van der Waals surface area contributed by atoms with Crippen molar-refractivity contribution in [2.24, 2.45) is 5.73 Å². The zero-order chi connectivity index (χ0) is 15.3. The third kappa shape index (κ3) is 4.51. The van der Waals surface area contributed by atoms with Gasteiger partial charge in [0, 0.05) is 18.8 Å². The molecule has 0 unspecified atom stereocenters. The highest BCUT2D eigenvalue weighted by Crippen LogP contribution is 2.23. The number of rotatable bonds is 6. The summed E-state index contributed by atoms with van der Waals surface area (Å²) < 4.78 is 33.0. The summed E-state index contributed by atoms with van der Waals surface area (Å²) in [5.41, 5.74) is 6.16. The van der Waals surface area contributed by atoms with E-state index in [1.807, 2.05) is 19.1 Å². The van der Waals surface area contributed by atoms with Crippen molar-refractivity contribution in [3.63, 3.8) is 0 Å². The second-order valence-corrected chi connectivity index (χ2v) is 7.50. The average molecular weight is 312 g/mol. The molecule has 0 saturated carbocycles. The standard InChI is InChI=1S/C15H24N2O3S/c1-15(8-11-20-12-9-15)17-21(18,19)14-6-4-13(5-7-14)3-2-10-16/h4-7,17H,2-3,8-12,16H2,1H3. The minimum absolute atomic E-state index is 0.312. The number of nitrogens with one attached hydrogen (secondary N) is 1. The molecule has 1 aromatic carbocycles. The molecular weight excluding hydrogens is 288 g/mol. The molecule has 0 bridgehead atoms. The predicted molar refractivity (Wildman–Crippen MR) is 82.6 cm³/mol. The minimum Gasteiger partial charge on any atom is -0.381 e. The Morgan fingerprint density at radius 1 is 1.24 bits per heavy atom. The Morgan fingerprint density at radius 3 is 2.43 bits per heavy atom. The maximum absolute atomic E-state index is 12.5. The van der Waals surface area contributed by atoms with Gasteiger partial charge in [0.05, 0.1) is 4.90 Å². The van der Waals surface area contributed by atoms with Crippen molar-refractivity contribution in [1.82, 2.24) is 4.72 Å². The first-order chi connectivity index (χ1) is 9.95. The largest absolute Gasteiger partial charge is 0.381 e. The fraction of sp³-hybridized carbons (Fsp3) is 0.600. The summed E-state index contributed by atoms with van der Waals surface area (Å²) in [6.07, 6.45) is 3.17. The molecule has 0 aliphatic carbocycles. The van der Waals surface area contributed by atoms with E-state index in [9.17, 15) is 8.42 Å². The van der Waals surface area contributed by atoms with Crippen LogP contribution in [0.25, 0.3) is 0 Å². The van der Waals surface area contributed by atoms with Gasteiger partial charge in [0.25, 0.3) is 0 Å². The van der Waals surface area contributed by atoms with Gasteiger partial charge in [-0.15, -0.1) is 0 Å². The molecule has 1 aromatic rings. The van der Waals surface area contributed by atoms with Crippen LogP contribution in [-0.4, -0.2) is 33.7 Å². The van der Waals surface area contributed by atoms with Crippen LogP contribution in [0.2, 0.25) is 0 Å². The molecule has 0 amide bonds. The number of hydrogen-bond donors (Lipinski definition) is 2. The van der Waals surface area contributed by atoms with Crippen molar-refractivity contribution in [3.05, 3.63) is 29.8 Å². The summed E-state index contributed by atoms with van der Waals surface area (Å²) in [4.78, 5) is 0.312. The molecule has 1 saturated heterocycles. The molecule has 2 rings (SSSR count). The van der Waals surface area contributed by atoms with Crippen LogP contribution in [0.1, 0.15) is 31.7 Å². The van der Waals surface area contributed by atoms with Crippen LogP contribution in [0.5, 0.6) is 0 Å². The molecule has 1 aliphatic heterocycles. The van der Waals surface area contributed by atoms with Gasteiger partial charge in [-0.1, -0.05) is 12.1 Å². The fourth-order valence-electron chi connectivity index (χ4n) is 2.45. The molecule has 1 aliphatic rings. The maximum Gasteiger partial charge on any atom is 0.241 e. The number of hydrogen-bond acceptors (Lipinski definition) is 4. The summed E-state index contributed by atoms with van der Waals surface area (Å²) in [7, 11) is -3.49. The van der Waals surface area contributed by atoms with E-state index in [0.717, 1.165) is 18.4 Å². The molecule has 5 nitrogen and oxygen atoms in total. The summed E-state index contributed by atoms with van der Waals surface area (Å²) in [5, 5.41) is 0. The predicted octanol–water partition coefficient (Wildman–Crippen LogP) is 1.43. The molecule has 1 fully saturated rings. The third-order valence-electron chi connectivity index (χ3n) is 3.88. The Kier molecular flexibility index (Phi) is 5.37. The molecule has 3 N–H and O–H groups in total. The van der Waals surface area contributed by atoms with Crippen LogP contribution in [0.3, 0.4) is 0 Å². The van der Waals surface area contributed by atoms with E-state index >= 15 is 0 Å². The molecule has 21 heavy (non-hydrogen) atoms. The maximum atomic E-state index is 12.5. The van der Waals surface area contributed by atoms with Gasteiger partial charge in [0.1, 0.15) is 0 Å². The van der Waals surface area contributed by atoms with Gasteiger partial charge < -0.3 is 10.5 Å². The van der Waals surface area contributed by atoms with Crippen molar-refractivity contribution in [2.75, 3.05) is 19.8 Å². The lowest BCUT2D eigenvalue weighted by Crippen LogP contribution is -2.49. The van der Waals surface area contributed by atoms with E-state index in [2.05, 4.69) is 4.72 Å². The van der Waals surface area contributed by atoms with E-state index < -0.39 is 15.6 Å². The van der Waals surface area contributed by atoms with Crippen molar-refractivity contribution in [3.8, 4) is 0 Å². The van der Waals surface area contributed by atoms with Gasteiger partial charge in [-0.05, 0) is 56.8 Å². The topological polar surface area (TPSA) is 81.4 Å². The first kappa shape index (κ1) is 16.4. The number of nitrogens with two attached hydrogens (primary N) is 1. The first-order valence-corrected chi connectivity index (χ1v) is 8.84. The van der Waals surface area contributed by atoms with Crippen LogP contribution < -0.4 is 10.5 Å². The van der Waals surface area contributed by atoms with Crippen LogP contribution >= 0.6 is 0 Å². The molecule has 0 aromatic heterocycles. The van der Waals surface area contributed by atoms with Crippen molar-refractivity contribution in [1.29, 1.82) is 0 Å². The molecule has 0 atom stereocenters. The lowest BCUT2D eigenvalue weighted by molar-refractivity contribution is 0.0537. The Balaban J connectivity index is 2.08. The van der Waals surface area contributed by atoms with E-state index in [4.69, 9.17) is 10.5 Å². The van der Waals surface area contributed by atoms with E-state index in [-0.39, 0.29) is 0 Å². The van der Waals surface area contributed by atoms with Crippen molar-refractivity contribution < 1.29 is 13.2 Å². The van der Waals surface area contributed by atoms with Crippen molar-refractivity contribution in [2.45, 2.75) is 43.0 Å². The van der Waals surface area contributed by atoms with Gasteiger partial charge in [-0.2, -0.15) is 0 Å². The Hall–Kier alpha value is -0.950. The van der Waals surface area contributed by atoms with Gasteiger partial charge in [-0.25, -0.2) is 13.1 Å². The molecule has 0 spiro atoms. The number of benzene rings is 1. The lowest BCUT2D eigenvalue weighted by Gasteiger charge is -2.34. The zero-order valence-corrected chi connectivity index (χ0v) is 13.3. The lowest BCUT2D eigenvalue weighted by atomic mass is 9.94. The first-order valence-electron chi connectivity index (χ1n) is 7.36. The second-order valence-electron chi connectivity index (χ2n) is 5.81. The number of sulfonamides is 1. The SMILES string of the molecule is CC1(NS(=O)(=O)c2ccc(CCCN)cc2)CCOCC1. The van der Waals surface area contributed by atoms with Crippen LogP contribution in [-0.2, 0) is 21.2 Å². The van der Waals surface area contributed by atoms with Crippen molar-refractivity contribution >= 4 is 10.0 Å². The van der Waals surface area contributed by atoms with Gasteiger partial charge in [0.15, 0.2) is 0 Å². The summed E-state index contributed by atoms with van der Waals surface area (Å²) in [6, 6.07) is 7.04. The quantitative estimate of drug-likeness (QED) is 0.832. The third-order valence-corrected chi connectivity index (χ3v) is 5.53. The van der Waals surface area contributed by atoms with Crippen LogP contribution in [0.15, 0.2) is 29.2 Å². The Labute approximate surface area is 126 Å². The zero-order valence-electron chi connectivity index (χ0n) is 12.5. The Morgan fingerprint density at radius 2 is 1.86 bits per heavy atom. The molecule has 0 radical (unpaired) electrons. The highest BCUT2D eigenvalue weighted by molar-refractivity contribution is 7.89.